The molecule has 1 aliphatic heterocycles. The Bertz CT molecular complexity index is 1270. The lowest BCUT2D eigenvalue weighted by Crippen LogP contribution is -2.51. The summed E-state index contributed by atoms with van der Waals surface area (Å²) in [5.74, 6) is 0.0135. The summed E-state index contributed by atoms with van der Waals surface area (Å²) < 4.78 is 38.0. The van der Waals surface area contributed by atoms with E-state index in [9.17, 15) is 17.6 Å². The van der Waals surface area contributed by atoms with E-state index in [1.54, 1.807) is 0 Å². The van der Waals surface area contributed by atoms with Gasteiger partial charge in [-0.15, -0.1) is 0 Å². The molecule has 1 N–H and O–H groups in total. The van der Waals surface area contributed by atoms with Crippen molar-refractivity contribution in [2.24, 2.45) is 15.0 Å². The fourth-order valence-electron chi connectivity index (χ4n) is 4.30. The molecular weight excluding hydrogens is 495 g/mol. The standard InChI is InChI=1S/C26H31FN6O3S/c1-28-25(26(34)32-14-16-33(17-15-32)37(2,35)36)31-24(20-6-4-3-5-7-20)30-13-12-29-23-18-22(23)19-8-10-21(27)11-9-19/h3-11,22-23,29H,1,12-18H2,2H3/t22-,23+/m0/s1. The number of amides is 1. The number of hydrogen-bond donors (Lipinski definition) is 1. The molecule has 1 saturated carbocycles. The normalized spacial score (nSPS) is 21.1. The van der Waals surface area contributed by atoms with Crippen molar-refractivity contribution in [1.82, 2.24) is 14.5 Å². The van der Waals surface area contributed by atoms with E-state index in [-0.39, 0.29) is 37.8 Å². The van der Waals surface area contributed by atoms with Crippen LogP contribution in [0.25, 0.3) is 0 Å². The minimum atomic E-state index is -3.30. The number of benzene rings is 2. The number of nitrogens with zero attached hydrogens (tertiary/aromatic N) is 5. The monoisotopic (exact) mass is 526 g/mol. The van der Waals surface area contributed by atoms with Crippen LogP contribution in [0.5, 0.6) is 0 Å². The van der Waals surface area contributed by atoms with Gasteiger partial charge in [0.2, 0.25) is 15.9 Å². The van der Waals surface area contributed by atoms with E-state index in [0.717, 1.165) is 23.8 Å². The molecule has 2 aromatic rings. The fraction of sp³-hybridized carbons (Fsp3) is 0.385. The Morgan fingerprint density at radius 2 is 1.76 bits per heavy atom. The van der Waals surface area contributed by atoms with Crippen LogP contribution < -0.4 is 5.32 Å². The molecule has 196 valence electrons. The first kappa shape index (κ1) is 26.8. The number of halogens is 1. The molecule has 0 unspecified atom stereocenters. The van der Waals surface area contributed by atoms with Crippen LogP contribution in [-0.2, 0) is 14.8 Å². The molecule has 1 amide bonds. The van der Waals surface area contributed by atoms with Gasteiger partial charge in [-0.3, -0.25) is 9.79 Å². The van der Waals surface area contributed by atoms with Crippen molar-refractivity contribution >= 4 is 34.3 Å². The zero-order valence-electron chi connectivity index (χ0n) is 20.8. The summed E-state index contributed by atoms with van der Waals surface area (Å²) >= 11 is 0. The largest absolute Gasteiger partial charge is 0.333 e. The molecule has 0 bridgehead atoms. The molecule has 9 nitrogen and oxygen atoms in total. The molecule has 2 aliphatic rings. The highest BCUT2D eigenvalue weighted by Crippen LogP contribution is 2.40. The van der Waals surface area contributed by atoms with Crippen LogP contribution in [0.3, 0.4) is 0 Å². The summed E-state index contributed by atoms with van der Waals surface area (Å²) in [5, 5.41) is 3.47. The zero-order chi connectivity index (χ0) is 26.4. The molecule has 4 rings (SSSR count). The topological polar surface area (TPSA) is 107 Å². The van der Waals surface area contributed by atoms with E-state index in [4.69, 9.17) is 0 Å². The molecule has 37 heavy (non-hydrogen) atoms. The minimum Gasteiger partial charge on any atom is -0.333 e. The first-order valence-corrected chi connectivity index (χ1v) is 14.0. The van der Waals surface area contributed by atoms with Crippen LogP contribution in [0.2, 0.25) is 0 Å². The number of rotatable bonds is 7. The van der Waals surface area contributed by atoms with Crippen LogP contribution in [0.4, 0.5) is 4.39 Å². The van der Waals surface area contributed by atoms with Gasteiger partial charge in [-0.2, -0.15) is 4.31 Å². The molecule has 1 heterocycles. The Labute approximate surface area is 216 Å². The number of amidine groups is 2. The van der Waals surface area contributed by atoms with Crippen molar-refractivity contribution < 1.29 is 17.6 Å². The first-order chi connectivity index (χ1) is 17.8. The second-order valence-corrected chi connectivity index (χ2v) is 11.1. The van der Waals surface area contributed by atoms with Crippen molar-refractivity contribution in [2.45, 2.75) is 18.4 Å². The second kappa shape index (κ2) is 11.8. The van der Waals surface area contributed by atoms with E-state index >= 15 is 0 Å². The molecule has 2 fully saturated rings. The smallest absolute Gasteiger partial charge is 0.291 e. The minimum absolute atomic E-state index is 0.0815. The number of carbonyl (C=O) groups is 1. The van der Waals surface area contributed by atoms with Gasteiger partial charge in [-0.1, -0.05) is 42.5 Å². The van der Waals surface area contributed by atoms with Crippen LogP contribution in [0.1, 0.15) is 23.5 Å². The third-order valence-corrected chi connectivity index (χ3v) is 7.75. The molecule has 2 atom stereocenters. The highest BCUT2D eigenvalue weighted by molar-refractivity contribution is 7.88. The number of piperazine rings is 1. The third-order valence-electron chi connectivity index (χ3n) is 6.45. The number of sulfonamides is 1. The summed E-state index contributed by atoms with van der Waals surface area (Å²) in [5.41, 5.74) is 1.86. The predicted octanol–water partition coefficient (Wildman–Crippen LogP) is 1.92. The van der Waals surface area contributed by atoms with Crippen LogP contribution in [0, 0.1) is 5.82 Å². The lowest BCUT2D eigenvalue weighted by Gasteiger charge is -2.32. The third kappa shape index (κ3) is 7.15. The first-order valence-electron chi connectivity index (χ1n) is 12.1. The Balaban J connectivity index is 1.40. The summed E-state index contributed by atoms with van der Waals surface area (Å²) in [6.07, 6.45) is 2.15. The van der Waals surface area contributed by atoms with Crippen molar-refractivity contribution in [1.29, 1.82) is 0 Å². The molecule has 0 aromatic heterocycles. The Hall–Kier alpha value is -3.28. The average molecular weight is 527 g/mol. The fourth-order valence-corrected chi connectivity index (χ4v) is 5.13. The van der Waals surface area contributed by atoms with Crippen molar-refractivity contribution in [3.63, 3.8) is 0 Å². The van der Waals surface area contributed by atoms with Gasteiger partial charge in [0, 0.05) is 50.2 Å². The number of aliphatic imine (C=N–C) groups is 3. The molecule has 0 radical (unpaired) electrons. The van der Waals surface area contributed by atoms with Crippen molar-refractivity contribution in [3.05, 3.63) is 71.5 Å². The summed E-state index contributed by atoms with van der Waals surface area (Å²) in [6.45, 7) is 5.52. The van der Waals surface area contributed by atoms with Crippen molar-refractivity contribution in [2.75, 3.05) is 45.5 Å². The SMILES string of the molecule is C=NC(=NC(=NCCN[C@@H]1C[C@H]1c1ccc(F)cc1)c1ccccc1)C(=O)N1CCN(S(C)(=O)=O)CC1. The Kier molecular flexibility index (Phi) is 8.57. The Morgan fingerprint density at radius 1 is 1.08 bits per heavy atom. The van der Waals surface area contributed by atoms with Crippen LogP contribution >= 0.6 is 0 Å². The zero-order valence-corrected chi connectivity index (χ0v) is 21.6. The van der Waals surface area contributed by atoms with Gasteiger partial charge in [0.05, 0.1) is 12.8 Å². The highest BCUT2D eigenvalue weighted by Gasteiger charge is 2.37. The maximum Gasteiger partial charge on any atom is 0.291 e. The summed E-state index contributed by atoms with van der Waals surface area (Å²) in [6, 6.07) is 16.3. The quantitative estimate of drug-likeness (QED) is 0.338. The molecule has 11 heteroatoms. The van der Waals surface area contributed by atoms with Gasteiger partial charge in [0.1, 0.15) is 5.82 Å². The van der Waals surface area contributed by atoms with Gasteiger partial charge < -0.3 is 10.2 Å². The summed E-state index contributed by atoms with van der Waals surface area (Å²) in [7, 11) is -3.30. The van der Waals surface area contributed by atoms with E-state index in [2.05, 4.69) is 27.0 Å². The van der Waals surface area contributed by atoms with Gasteiger partial charge in [-0.25, -0.2) is 22.8 Å². The van der Waals surface area contributed by atoms with E-state index < -0.39 is 15.9 Å². The van der Waals surface area contributed by atoms with E-state index in [1.165, 1.54) is 21.3 Å². The van der Waals surface area contributed by atoms with E-state index in [1.807, 2.05) is 42.5 Å². The maximum absolute atomic E-state index is 13.2. The molecule has 1 aliphatic carbocycles. The van der Waals surface area contributed by atoms with Gasteiger partial charge >= 0.3 is 0 Å². The van der Waals surface area contributed by atoms with Gasteiger partial charge in [-0.05, 0) is 30.8 Å². The number of carbonyl (C=O) groups excluding carboxylic acids is 1. The maximum atomic E-state index is 13.2. The molecule has 2 aromatic carbocycles. The lowest BCUT2D eigenvalue weighted by atomic mass is 10.1. The molecular formula is C26H31FN6O3S. The molecule has 1 saturated heterocycles. The number of hydrogen-bond acceptors (Lipinski definition) is 5. The van der Waals surface area contributed by atoms with Crippen LogP contribution in [-0.4, -0.2) is 93.5 Å². The average Bonchev–Trinajstić information content (AvgIpc) is 3.68. The predicted molar refractivity (Wildman–Crippen MR) is 143 cm³/mol. The highest BCUT2D eigenvalue weighted by atomic mass is 32.2. The number of nitrogens with one attached hydrogen (secondary N) is 1. The van der Waals surface area contributed by atoms with Gasteiger partial charge in [0.15, 0.2) is 5.84 Å². The van der Waals surface area contributed by atoms with E-state index in [0.29, 0.717) is 30.9 Å². The second-order valence-electron chi connectivity index (χ2n) is 9.07. The summed E-state index contributed by atoms with van der Waals surface area (Å²) in [4.78, 5) is 27.6. The van der Waals surface area contributed by atoms with Crippen LogP contribution in [0.15, 0.2) is 69.6 Å². The Morgan fingerprint density at radius 3 is 2.38 bits per heavy atom. The van der Waals surface area contributed by atoms with Crippen molar-refractivity contribution in [3.8, 4) is 0 Å². The molecule has 0 spiro atoms. The van der Waals surface area contributed by atoms with Gasteiger partial charge in [0.25, 0.3) is 5.91 Å². The lowest BCUT2D eigenvalue weighted by molar-refractivity contribution is -0.125.